The summed E-state index contributed by atoms with van der Waals surface area (Å²) in [5, 5.41) is 0. The molecular formula is C12H14N4O. The summed E-state index contributed by atoms with van der Waals surface area (Å²) in [5.41, 5.74) is 13.9. The summed E-state index contributed by atoms with van der Waals surface area (Å²) in [5.74, 6) is 0.748. The highest BCUT2D eigenvalue weighted by atomic mass is 16.5. The quantitative estimate of drug-likeness (QED) is 0.828. The number of nitrogens with two attached hydrogens (primary N) is 2. The fraction of sp³-hybridized carbons (Fsp3) is 0.167. The Bertz CT molecular complexity index is 513. The van der Waals surface area contributed by atoms with E-state index in [1.807, 2.05) is 18.2 Å². The van der Waals surface area contributed by atoms with Crippen LogP contribution in [-0.4, -0.2) is 17.1 Å². The van der Waals surface area contributed by atoms with Crippen molar-refractivity contribution in [1.29, 1.82) is 0 Å². The fourth-order valence-electron chi connectivity index (χ4n) is 1.55. The van der Waals surface area contributed by atoms with Crippen LogP contribution < -0.4 is 16.2 Å². The molecule has 0 amide bonds. The van der Waals surface area contributed by atoms with Crippen LogP contribution in [0.5, 0.6) is 5.88 Å². The van der Waals surface area contributed by atoms with E-state index in [0.717, 1.165) is 11.3 Å². The fourth-order valence-corrected chi connectivity index (χ4v) is 1.55. The Morgan fingerprint density at radius 3 is 2.76 bits per heavy atom. The summed E-state index contributed by atoms with van der Waals surface area (Å²) in [4.78, 5) is 8.25. The van der Waals surface area contributed by atoms with Crippen molar-refractivity contribution in [3.05, 3.63) is 41.7 Å². The monoisotopic (exact) mass is 230 g/mol. The van der Waals surface area contributed by atoms with E-state index in [0.29, 0.717) is 18.0 Å². The number of nitrogen functional groups attached to an aromatic ring is 2. The molecule has 2 heterocycles. The van der Waals surface area contributed by atoms with E-state index in [1.54, 1.807) is 19.4 Å². The summed E-state index contributed by atoms with van der Waals surface area (Å²) in [6.07, 6.45) is 2.35. The molecule has 4 N–H and O–H groups in total. The molecule has 0 saturated carbocycles. The van der Waals surface area contributed by atoms with E-state index in [2.05, 4.69) is 9.97 Å². The number of methoxy groups -OCH3 is 1. The number of anilines is 2. The van der Waals surface area contributed by atoms with Gasteiger partial charge in [0.05, 0.1) is 12.8 Å². The summed E-state index contributed by atoms with van der Waals surface area (Å²) in [7, 11) is 1.54. The minimum atomic E-state index is 0.287. The molecule has 0 aliphatic carbocycles. The van der Waals surface area contributed by atoms with E-state index >= 15 is 0 Å². The van der Waals surface area contributed by atoms with E-state index in [1.165, 1.54) is 0 Å². The molecule has 5 nitrogen and oxygen atoms in total. The Balaban J connectivity index is 2.35. The highest BCUT2D eigenvalue weighted by Crippen LogP contribution is 2.24. The van der Waals surface area contributed by atoms with E-state index in [4.69, 9.17) is 16.2 Å². The second-order valence-electron chi connectivity index (χ2n) is 3.62. The standard InChI is InChI=1S/C12H14N4O/c1-17-10-7-8(11(13)12(14)16-10)6-9-4-2-3-5-15-9/h2-5,7H,6,13H2,1H3,(H2,14,16). The highest BCUT2D eigenvalue weighted by molar-refractivity contribution is 5.65. The summed E-state index contributed by atoms with van der Waals surface area (Å²) < 4.78 is 5.06. The maximum Gasteiger partial charge on any atom is 0.215 e. The molecule has 0 spiro atoms. The first kappa shape index (κ1) is 11.2. The van der Waals surface area contributed by atoms with Gasteiger partial charge in [0, 0.05) is 24.4 Å². The summed E-state index contributed by atoms with van der Waals surface area (Å²) in [6, 6.07) is 7.51. The number of aromatic nitrogens is 2. The summed E-state index contributed by atoms with van der Waals surface area (Å²) in [6.45, 7) is 0. The molecule has 2 rings (SSSR count). The molecule has 17 heavy (non-hydrogen) atoms. The lowest BCUT2D eigenvalue weighted by Gasteiger charge is -2.09. The molecule has 0 radical (unpaired) electrons. The molecule has 0 aromatic carbocycles. The first-order chi connectivity index (χ1) is 8.20. The van der Waals surface area contributed by atoms with E-state index in [9.17, 15) is 0 Å². The molecule has 0 fully saturated rings. The molecule has 2 aromatic heterocycles. The number of rotatable bonds is 3. The van der Waals surface area contributed by atoms with Crippen molar-refractivity contribution in [2.45, 2.75) is 6.42 Å². The molecule has 88 valence electrons. The Labute approximate surface area is 99.5 Å². The van der Waals surface area contributed by atoms with Crippen LogP contribution in [0.25, 0.3) is 0 Å². The highest BCUT2D eigenvalue weighted by Gasteiger charge is 2.09. The Morgan fingerprint density at radius 2 is 2.12 bits per heavy atom. The molecule has 5 heteroatoms. The summed E-state index contributed by atoms with van der Waals surface area (Å²) >= 11 is 0. The van der Waals surface area contributed by atoms with Crippen LogP contribution in [0.2, 0.25) is 0 Å². The number of hydrogen-bond donors (Lipinski definition) is 2. The zero-order valence-electron chi connectivity index (χ0n) is 9.55. The van der Waals surface area contributed by atoms with Gasteiger partial charge in [-0.1, -0.05) is 6.07 Å². The number of nitrogens with zero attached hydrogens (tertiary/aromatic N) is 2. The minimum absolute atomic E-state index is 0.287. The SMILES string of the molecule is COc1cc(Cc2ccccn2)c(N)c(N)n1. The Hall–Kier alpha value is -2.30. The van der Waals surface area contributed by atoms with Gasteiger partial charge < -0.3 is 16.2 Å². The maximum absolute atomic E-state index is 5.88. The average molecular weight is 230 g/mol. The number of hydrogen-bond acceptors (Lipinski definition) is 5. The number of ether oxygens (including phenoxy) is 1. The zero-order chi connectivity index (χ0) is 12.3. The molecule has 2 aromatic rings. The molecule has 0 unspecified atom stereocenters. The molecule has 0 aliphatic rings. The predicted molar refractivity (Wildman–Crippen MR) is 66.7 cm³/mol. The average Bonchev–Trinajstić information content (AvgIpc) is 2.36. The van der Waals surface area contributed by atoms with Gasteiger partial charge in [0.1, 0.15) is 0 Å². The van der Waals surface area contributed by atoms with Crippen molar-refractivity contribution in [2.24, 2.45) is 0 Å². The zero-order valence-corrected chi connectivity index (χ0v) is 9.55. The first-order valence-corrected chi connectivity index (χ1v) is 5.19. The van der Waals surface area contributed by atoms with Gasteiger partial charge in [0.25, 0.3) is 0 Å². The van der Waals surface area contributed by atoms with Crippen LogP contribution in [0.15, 0.2) is 30.5 Å². The normalized spacial score (nSPS) is 10.2. The van der Waals surface area contributed by atoms with Crippen LogP contribution in [0.3, 0.4) is 0 Å². The van der Waals surface area contributed by atoms with E-state index in [-0.39, 0.29) is 5.82 Å². The Kier molecular flexibility index (Phi) is 3.09. The lowest BCUT2D eigenvalue weighted by molar-refractivity contribution is 0.398. The first-order valence-electron chi connectivity index (χ1n) is 5.19. The Morgan fingerprint density at radius 1 is 1.29 bits per heavy atom. The van der Waals surface area contributed by atoms with Gasteiger partial charge in [-0.05, 0) is 17.7 Å². The molecular weight excluding hydrogens is 216 g/mol. The van der Waals surface area contributed by atoms with Gasteiger partial charge in [-0.3, -0.25) is 4.98 Å². The molecule has 0 atom stereocenters. The van der Waals surface area contributed by atoms with Gasteiger partial charge in [0.15, 0.2) is 5.82 Å². The molecule has 0 bridgehead atoms. The lowest BCUT2D eigenvalue weighted by Crippen LogP contribution is -2.05. The van der Waals surface area contributed by atoms with Crippen LogP contribution in [0.4, 0.5) is 11.5 Å². The van der Waals surface area contributed by atoms with Gasteiger partial charge in [-0.2, -0.15) is 4.98 Å². The van der Waals surface area contributed by atoms with Crippen molar-refractivity contribution in [3.8, 4) is 5.88 Å². The third-order valence-electron chi connectivity index (χ3n) is 2.46. The van der Waals surface area contributed by atoms with Crippen LogP contribution >= 0.6 is 0 Å². The van der Waals surface area contributed by atoms with Crippen molar-refractivity contribution in [2.75, 3.05) is 18.6 Å². The van der Waals surface area contributed by atoms with Crippen molar-refractivity contribution in [3.63, 3.8) is 0 Å². The van der Waals surface area contributed by atoms with Gasteiger partial charge in [0.2, 0.25) is 5.88 Å². The second kappa shape index (κ2) is 4.69. The lowest BCUT2D eigenvalue weighted by atomic mass is 10.1. The van der Waals surface area contributed by atoms with Crippen molar-refractivity contribution < 1.29 is 4.74 Å². The van der Waals surface area contributed by atoms with Gasteiger partial charge in [-0.25, -0.2) is 0 Å². The molecule has 0 aliphatic heterocycles. The van der Waals surface area contributed by atoms with Crippen LogP contribution in [-0.2, 0) is 6.42 Å². The van der Waals surface area contributed by atoms with Crippen molar-refractivity contribution >= 4 is 11.5 Å². The van der Waals surface area contributed by atoms with Gasteiger partial charge in [-0.15, -0.1) is 0 Å². The second-order valence-corrected chi connectivity index (χ2v) is 3.62. The van der Waals surface area contributed by atoms with Gasteiger partial charge >= 0.3 is 0 Å². The smallest absolute Gasteiger partial charge is 0.215 e. The largest absolute Gasteiger partial charge is 0.481 e. The topological polar surface area (TPSA) is 87.0 Å². The van der Waals surface area contributed by atoms with E-state index < -0.39 is 0 Å². The third kappa shape index (κ3) is 2.44. The predicted octanol–water partition coefficient (Wildman–Crippen LogP) is 1.24. The van der Waals surface area contributed by atoms with Crippen LogP contribution in [0.1, 0.15) is 11.3 Å². The maximum atomic E-state index is 5.88. The van der Waals surface area contributed by atoms with Crippen LogP contribution in [0, 0.1) is 0 Å². The third-order valence-corrected chi connectivity index (χ3v) is 2.46. The minimum Gasteiger partial charge on any atom is -0.481 e. The molecule has 0 saturated heterocycles. The number of pyridine rings is 2. The van der Waals surface area contributed by atoms with Crippen molar-refractivity contribution in [1.82, 2.24) is 9.97 Å².